The molecule has 0 unspecified atom stereocenters. The lowest BCUT2D eigenvalue weighted by molar-refractivity contribution is 0.0494. The molecule has 0 bridgehead atoms. The van der Waals surface area contributed by atoms with Crippen molar-refractivity contribution in [2.75, 3.05) is 12.3 Å². The molecule has 0 atom stereocenters. The van der Waals surface area contributed by atoms with Crippen molar-refractivity contribution >= 4 is 21.8 Å². The summed E-state index contributed by atoms with van der Waals surface area (Å²) in [5.74, 6) is -0.868. The minimum absolute atomic E-state index is 0.0857. The van der Waals surface area contributed by atoms with Crippen molar-refractivity contribution in [1.82, 2.24) is 0 Å². The summed E-state index contributed by atoms with van der Waals surface area (Å²) in [6.45, 7) is 0.0857. The first-order valence-electron chi connectivity index (χ1n) is 8.59. The summed E-state index contributed by atoms with van der Waals surface area (Å²) >= 11 is 0. The predicted molar refractivity (Wildman–Crippen MR) is 105 cm³/mol. The molecule has 0 saturated carbocycles. The van der Waals surface area contributed by atoms with Gasteiger partial charge in [-0.15, -0.1) is 0 Å². The molecule has 3 aromatic carbocycles. The fourth-order valence-electron chi connectivity index (χ4n) is 3.62. The first-order chi connectivity index (χ1) is 13.4. The van der Waals surface area contributed by atoms with Crippen LogP contribution >= 0.6 is 0 Å². The van der Waals surface area contributed by atoms with Gasteiger partial charge in [0.15, 0.2) is 0 Å². The molecule has 6 nitrogen and oxygen atoms in total. The molecule has 0 aromatic heterocycles. The zero-order chi connectivity index (χ0) is 19.9. The van der Waals surface area contributed by atoms with Gasteiger partial charge in [0.1, 0.15) is 11.5 Å². The second-order valence-corrected chi connectivity index (χ2v) is 7.91. The second kappa shape index (κ2) is 6.78. The Balaban J connectivity index is 1.62. The number of para-hydroxylation sites is 1. The van der Waals surface area contributed by atoms with Gasteiger partial charge in [-0.3, -0.25) is 4.55 Å². The van der Waals surface area contributed by atoms with E-state index in [1.165, 1.54) is 12.1 Å². The molecule has 0 aliphatic heterocycles. The van der Waals surface area contributed by atoms with E-state index in [0.29, 0.717) is 0 Å². The molecule has 1 aliphatic rings. The van der Waals surface area contributed by atoms with Crippen molar-refractivity contribution < 1.29 is 22.5 Å². The fourth-order valence-corrected chi connectivity index (χ4v) is 4.26. The molecule has 0 radical (unpaired) electrons. The normalized spacial score (nSPS) is 13.0. The van der Waals surface area contributed by atoms with Gasteiger partial charge in [0.2, 0.25) is 0 Å². The Bertz CT molecular complexity index is 1140. The van der Waals surface area contributed by atoms with Crippen LogP contribution in [0, 0.1) is 0 Å². The average molecular weight is 395 g/mol. The van der Waals surface area contributed by atoms with E-state index in [2.05, 4.69) is 0 Å². The summed E-state index contributed by atoms with van der Waals surface area (Å²) in [7, 11) is -4.53. The van der Waals surface area contributed by atoms with Gasteiger partial charge in [0.05, 0.1) is 11.3 Å². The molecular formula is C21H17NO5S. The Kier molecular flexibility index (Phi) is 4.41. The van der Waals surface area contributed by atoms with Crippen LogP contribution in [0.15, 0.2) is 71.6 Å². The second-order valence-electron chi connectivity index (χ2n) is 6.52. The first-order valence-corrected chi connectivity index (χ1v) is 10.0. The minimum Gasteiger partial charge on any atom is -0.461 e. The summed E-state index contributed by atoms with van der Waals surface area (Å²) in [5.41, 5.74) is 9.67. The van der Waals surface area contributed by atoms with Crippen LogP contribution in [-0.4, -0.2) is 25.5 Å². The minimum atomic E-state index is -4.53. The van der Waals surface area contributed by atoms with Crippen molar-refractivity contribution in [2.24, 2.45) is 0 Å². The maximum atomic E-state index is 12.5. The fraction of sp³-hybridized carbons (Fsp3) is 0.0952. The number of anilines is 1. The largest absolute Gasteiger partial charge is 0.461 e. The lowest BCUT2D eigenvalue weighted by Gasteiger charge is -2.15. The lowest BCUT2D eigenvalue weighted by Crippen LogP contribution is -2.15. The number of nitrogen functional groups attached to an aromatic ring is 1. The van der Waals surface area contributed by atoms with E-state index in [1.807, 2.05) is 48.5 Å². The number of carbonyl (C=O) groups excluding carboxylic acids is 1. The van der Waals surface area contributed by atoms with Gasteiger partial charge in [-0.1, -0.05) is 54.6 Å². The molecule has 7 heteroatoms. The van der Waals surface area contributed by atoms with Gasteiger partial charge in [-0.2, -0.15) is 8.42 Å². The van der Waals surface area contributed by atoms with Crippen molar-refractivity contribution in [2.45, 2.75) is 10.8 Å². The Hall–Kier alpha value is -3.16. The number of ether oxygens (including phenoxy) is 1. The van der Waals surface area contributed by atoms with Gasteiger partial charge < -0.3 is 10.5 Å². The van der Waals surface area contributed by atoms with Crippen LogP contribution in [0.4, 0.5) is 5.69 Å². The molecule has 3 aromatic rings. The summed E-state index contributed by atoms with van der Waals surface area (Å²) in [6.07, 6.45) is 0. The predicted octanol–water partition coefficient (Wildman–Crippen LogP) is 3.48. The van der Waals surface area contributed by atoms with Crippen molar-refractivity contribution in [3.8, 4) is 11.1 Å². The Labute approximate surface area is 162 Å². The topological polar surface area (TPSA) is 107 Å². The van der Waals surface area contributed by atoms with E-state index < -0.39 is 21.0 Å². The van der Waals surface area contributed by atoms with Gasteiger partial charge in [0.25, 0.3) is 10.1 Å². The molecule has 0 saturated heterocycles. The van der Waals surface area contributed by atoms with Crippen LogP contribution in [0.1, 0.15) is 27.4 Å². The third-order valence-electron chi connectivity index (χ3n) is 4.91. The molecule has 0 amide bonds. The SMILES string of the molecule is Nc1c(C(=O)OCC2c3ccccc3-c3ccccc32)cccc1S(=O)(=O)O. The number of rotatable bonds is 4. The Morgan fingerprint density at radius 1 is 0.929 bits per heavy atom. The summed E-state index contributed by atoms with van der Waals surface area (Å²) < 4.78 is 37.5. The van der Waals surface area contributed by atoms with Crippen LogP contribution in [0.25, 0.3) is 11.1 Å². The first kappa shape index (κ1) is 18.2. The highest BCUT2D eigenvalue weighted by Gasteiger charge is 2.29. The van der Waals surface area contributed by atoms with Gasteiger partial charge in [0, 0.05) is 5.92 Å². The van der Waals surface area contributed by atoms with Crippen LogP contribution in [-0.2, 0) is 14.9 Å². The highest BCUT2D eigenvalue weighted by Crippen LogP contribution is 2.44. The third kappa shape index (κ3) is 3.04. The third-order valence-corrected chi connectivity index (χ3v) is 5.82. The van der Waals surface area contributed by atoms with E-state index in [4.69, 9.17) is 10.5 Å². The van der Waals surface area contributed by atoms with Gasteiger partial charge in [-0.05, 0) is 34.4 Å². The molecule has 28 heavy (non-hydrogen) atoms. The zero-order valence-electron chi connectivity index (χ0n) is 14.7. The van der Waals surface area contributed by atoms with Crippen LogP contribution < -0.4 is 5.73 Å². The lowest BCUT2D eigenvalue weighted by atomic mass is 9.98. The quantitative estimate of drug-likeness (QED) is 0.398. The Morgan fingerprint density at radius 2 is 1.50 bits per heavy atom. The average Bonchev–Trinajstić information content (AvgIpc) is 2.99. The van der Waals surface area contributed by atoms with Crippen molar-refractivity contribution in [1.29, 1.82) is 0 Å². The molecule has 4 rings (SSSR count). The molecule has 0 heterocycles. The number of hydrogen-bond acceptors (Lipinski definition) is 5. The van der Waals surface area contributed by atoms with E-state index in [1.54, 1.807) is 0 Å². The standard InChI is InChI=1S/C21H17NO5S/c22-20-17(10-5-11-19(20)28(24,25)26)21(23)27-12-18-15-8-3-1-6-13(15)14-7-2-4-9-16(14)18/h1-11,18H,12,22H2,(H,24,25,26). The van der Waals surface area contributed by atoms with Crippen LogP contribution in [0.5, 0.6) is 0 Å². The molecule has 1 aliphatic carbocycles. The smallest absolute Gasteiger partial charge is 0.340 e. The zero-order valence-corrected chi connectivity index (χ0v) is 15.5. The molecule has 142 valence electrons. The van der Waals surface area contributed by atoms with Crippen molar-refractivity contribution in [3.63, 3.8) is 0 Å². The van der Waals surface area contributed by atoms with Crippen molar-refractivity contribution in [3.05, 3.63) is 83.4 Å². The number of hydrogen-bond donors (Lipinski definition) is 2. The highest BCUT2D eigenvalue weighted by atomic mass is 32.2. The highest BCUT2D eigenvalue weighted by molar-refractivity contribution is 7.86. The summed E-state index contributed by atoms with van der Waals surface area (Å²) in [4.78, 5) is 12.0. The monoisotopic (exact) mass is 395 g/mol. The molecule has 3 N–H and O–H groups in total. The summed E-state index contributed by atoms with van der Waals surface area (Å²) in [6, 6.07) is 19.7. The van der Waals surface area contributed by atoms with Crippen LogP contribution in [0.3, 0.4) is 0 Å². The van der Waals surface area contributed by atoms with E-state index in [9.17, 15) is 17.8 Å². The van der Waals surface area contributed by atoms with Crippen LogP contribution in [0.2, 0.25) is 0 Å². The number of nitrogens with two attached hydrogens (primary N) is 1. The number of fused-ring (bicyclic) bond motifs is 3. The molecule has 0 spiro atoms. The Morgan fingerprint density at radius 3 is 2.07 bits per heavy atom. The molecular weight excluding hydrogens is 378 g/mol. The van der Waals surface area contributed by atoms with Gasteiger partial charge in [-0.25, -0.2) is 4.79 Å². The van der Waals surface area contributed by atoms with E-state index in [0.717, 1.165) is 28.3 Å². The maximum absolute atomic E-state index is 12.5. The van der Waals surface area contributed by atoms with E-state index >= 15 is 0 Å². The van der Waals surface area contributed by atoms with E-state index in [-0.39, 0.29) is 23.8 Å². The van der Waals surface area contributed by atoms with Gasteiger partial charge >= 0.3 is 5.97 Å². The number of esters is 1. The number of benzene rings is 3. The maximum Gasteiger partial charge on any atom is 0.340 e. The number of carbonyl (C=O) groups is 1. The summed E-state index contributed by atoms with van der Waals surface area (Å²) in [5, 5.41) is 0. The molecule has 0 fully saturated rings.